The second-order valence-electron chi connectivity index (χ2n) is 5.42. The maximum atomic E-state index is 5.96. The summed E-state index contributed by atoms with van der Waals surface area (Å²) in [4.78, 5) is 0. The van der Waals surface area contributed by atoms with Gasteiger partial charge in [-0.05, 0) is 45.6 Å². The predicted octanol–water partition coefficient (Wildman–Crippen LogP) is 2.34. The smallest absolute Gasteiger partial charge is 0.0655 e. The van der Waals surface area contributed by atoms with Gasteiger partial charge in [0.25, 0.3) is 0 Å². The van der Waals surface area contributed by atoms with E-state index in [9.17, 15) is 0 Å². The largest absolute Gasteiger partial charge is 0.375 e. The minimum Gasteiger partial charge on any atom is -0.375 e. The lowest BCUT2D eigenvalue weighted by Gasteiger charge is -2.52. The van der Waals surface area contributed by atoms with Gasteiger partial charge >= 0.3 is 0 Å². The molecule has 0 aromatic rings. The molecule has 0 radical (unpaired) electrons. The van der Waals surface area contributed by atoms with Crippen LogP contribution in [-0.4, -0.2) is 25.3 Å². The van der Waals surface area contributed by atoms with E-state index in [4.69, 9.17) is 4.74 Å². The Morgan fingerprint density at radius 2 is 1.93 bits per heavy atom. The van der Waals surface area contributed by atoms with Crippen LogP contribution in [0.2, 0.25) is 0 Å². The monoisotopic (exact) mass is 197 g/mol. The molecule has 2 heteroatoms. The molecule has 14 heavy (non-hydrogen) atoms. The molecule has 0 aromatic carbocycles. The van der Waals surface area contributed by atoms with Crippen LogP contribution in [0.3, 0.4) is 0 Å². The Balaban J connectivity index is 1.85. The Morgan fingerprint density at radius 3 is 2.43 bits per heavy atom. The van der Waals surface area contributed by atoms with Gasteiger partial charge in [-0.1, -0.05) is 6.92 Å². The molecule has 2 bridgehead atoms. The maximum Gasteiger partial charge on any atom is 0.0655 e. The summed E-state index contributed by atoms with van der Waals surface area (Å²) in [7, 11) is 0. The first-order valence-corrected chi connectivity index (χ1v) is 6.03. The van der Waals surface area contributed by atoms with Crippen molar-refractivity contribution in [1.29, 1.82) is 0 Å². The van der Waals surface area contributed by atoms with Crippen molar-refractivity contribution in [1.82, 2.24) is 5.32 Å². The maximum absolute atomic E-state index is 5.96. The van der Waals surface area contributed by atoms with Crippen molar-refractivity contribution in [2.24, 2.45) is 5.41 Å². The molecule has 2 heterocycles. The summed E-state index contributed by atoms with van der Waals surface area (Å²) in [6.07, 6.45) is 6.48. The predicted molar refractivity (Wildman–Crippen MR) is 58.4 cm³/mol. The van der Waals surface area contributed by atoms with E-state index in [0.717, 1.165) is 19.7 Å². The van der Waals surface area contributed by atoms with Gasteiger partial charge in [0, 0.05) is 12.0 Å². The van der Waals surface area contributed by atoms with Crippen molar-refractivity contribution >= 4 is 0 Å². The number of fused-ring (bicyclic) bond motifs is 3. The van der Waals surface area contributed by atoms with Gasteiger partial charge in [-0.2, -0.15) is 0 Å². The lowest BCUT2D eigenvalue weighted by molar-refractivity contribution is -0.172. The SMILES string of the molecule is CCCNCC12CCC(C)(CC1)OC2. The standard InChI is InChI=1S/C12H23NO/c1-3-8-13-9-12-6-4-11(2,5-7-12)14-10-12/h13H,3-10H2,1-2H3. The average molecular weight is 197 g/mol. The van der Waals surface area contributed by atoms with Crippen LogP contribution < -0.4 is 5.32 Å². The van der Waals surface area contributed by atoms with Crippen LogP contribution in [0.15, 0.2) is 0 Å². The highest BCUT2D eigenvalue weighted by Crippen LogP contribution is 2.48. The van der Waals surface area contributed by atoms with Gasteiger partial charge in [0.15, 0.2) is 0 Å². The fraction of sp³-hybridized carbons (Fsp3) is 1.00. The van der Waals surface area contributed by atoms with E-state index in [1.165, 1.54) is 32.1 Å². The van der Waals surface area contributed by atoms with Crippen molar-refractivity contribution in [3.05, 3.63) is 0 Å². The third kappa shape index (κ3) is 1.96. The van der Waals surface area contributed by atoms with Gasteiger partial charge in [-0.25, -0.2) is 0 Å². The van der Waals surface area contributed by atoms with Crippen LogP contribution in [0.4, 0.5) is 0 Å². The van der Waals surface area contributed by atoms with E-state index >= 15 is 0 Å². The van der Waals surface area contributed by atoms with Gasteiger partial charge in [-0.3, -0.25) is 0 Å². The van der Waals surface area contributed by atoms with E-state index in [1.807, 2.05) is 0 Å². The molecule has 2 aliphatic heterocycles. The van der Waals surface area contributed by atoms with E-state index in [-0.39, 0.29) is 5.60 Å². The second kappa shape index (κ2) is 3.82. The summed E-state index contributed by atoms with van der Waals surface area (Å²) in [5.74, 6) is 0. The van der Waals surface area contributed by atoms with E-state index < -0.39 is 0 Å². The fourth-order valence-corrected chi connectivity index (χ4v) is 2.68. The van der Waals surface area contributed by atoms with Crippen LogP contribution in [0.25, 0.3) is 0 Å². The highest BCUT2D eigenvalue weighted by molar-refractivity contribution is 4.98. The fourth-order valence-electron chi connectivity index (χ4n) is 2.68. The highest BCUT2D eigenvalue weighted by atomic mass is 16.5. The Hall–Kier alpha value is -0.0800. The molecular weight excluding hydrogens is 174 g/mol. The Labute approximate surface area is 87.4 Å². The second-order valence-corrected chi connectivity index (χ2v) is 5.42. The molecule has 1 N–H and O–H groups in total. The number of hydrogen-bond donors (Lipinski definition) is 1. The summed E-state index contributed by atoms with van der Waals surface area (Å²) in [6.45, 7) is 7.80. The Bertz CT molecular complexity index is 178. The molecule has 82 valence electrons. The van der Waals surface area contributed by atoms with Gasteiger partial charge in [0.2, 0.25) is 0 Å². The topological polar surface area (TPSA) is 21.3 Å². The molecule has 0 atom stereocenters. The molecule has 0 aromatic heterocycles. The van der Waals surface area contributed by atoms with Crippen molar-refractivity contribution in [2.75, 3.05) is 19.7 Å². The first-order valence-electron chi connectivity index (χ1n) is 6.03. The first-order chi connectivity index (χ1) is 6.68. The number of nitrogens with one attached hydrogen (secondary N) is 1. The lowest BCUT2D eigenvalue weighted by Crippen LogP contribution is -2.53. The summed E-state index contributed by atoms with van der Waals surface area (Å²) >= 11 is 0. The summed E-state index contributed by atoms with van der Waals surface area (Å²) in [6, 6.07) is 0. The zero-order chi connectivity index (χ0) is 10.1. The van der Waals surface area contributed by atoms with Crippen molar-refractivity contribution < 1.29 is 4.74 Å². The third-order valence-corrected chi connectivity index (χ3v) is 4.02. The molecule has 0 spiro atoms. The van der Waals surface area contributed by atoms with E-state index in [1.54, 1.807) is 0 Å². The van der Waals surface area contributed by atoms with Crippen LogP contribution in [-0.2, 0) is 4.74 Å². The molecule has 3 aliphatic rings. The summed E-state index contributed by atoms with van der Waals surface area (Å²) in [5, 5.41) is 3.55. The Morgan fingerprint density at radius 1 is 1.21 bits per heavy atom. The zero-order valence-corrected chi connectivity index (χ0v) is 9.57. The highest BCUT2D eigenvalue weighted by Gasteiger charge is 2.46. The minimum atomic E-state index is 0.229. The molecule has 2 nitrogen and oxygen atoms in total. The molecule has 1 aliphatic carbocycles. The van der Waals surface area contributed by atoms with Gasteiger partial charge < -0.3 is 10.1 Å². The molecule has 2 saturated heterocycles. The summed E-state index contributed by atoms with van der Waals surface area (Å²) in [5.41, 5.74) is 0.708. The Kier molecular flexibility index (Phi) is 2.85. The summed E-state index contributed by atoms with van der Waals surface area (Å²) < 4.78 is 5.96. The van der Waals surface area contributed by atoms with Gasteiger partial charge in [0.1, 0.15) is 0 Å². The van der Waals surface area contributed by atoms with Gasteiger partial charge in [0.05, 0.1) is 12.2 Å². The molecule has 0 amide bonds. The van der Waals surface area contributed by atoms with Crippen molar-refractivity contribution in [3.8, 4) is 0 Å². The molecule has 1 saturated carbocycles. The molecule has 3 fully saturated rings. The van der Waals surface area contributed by atoms with Crippen molar-refractivity contribution in [2.45, 2.75) is 51.6 Å². The normalized spacial score (nSPS) is 41.6. The van der Waals surface area contributed by atoms with E-state index in [2.05, 4.69) is 19.2 Å². The average Bonchev–Trinajstić information content (AvgIpc) is 2.21. The minimum absolute atomic E-state index is 0.229. The van der Waals surface area contributed by atoms with Crippen LogP contribution in [0, 0.1) is 5.41 Å². The number of rotatable bonds is 4. The number of ether oxygens (including phenoxy) is 1. The lowest BCUT2D eigenvalue weighted by atomic mass is 9.66. The zero-order valence-electron chi connectivity index (χ0n) is 9.57. The van der Waals surface area contributed by atoms with E-state index in [0.29, 0.717) is 5.41 Å². The van der Waals surface area contributed by atoms with Gasteiger partial charge in [-0.15, -0.1) is 0 Å². The third-order valence-electron chi connectivity index (χ3n) is 4.02. The van der Waals surface area contributed by atoms with Crippen LogP contribution in [0.1, 0.15) is 46.0 Å². The molecule has 0 unspecified atom stereocenters. The molecular formula is C12H23NO. The first kappa shape index (κ1) is 10.4. The number of hydrogen-bond acceptors (Lipinski definition) is 2. The van der Waals surface area contributed by atoms with Crippen molar-refractivity contribution in [3.63, 3.8) is 0 Å². The van der Waals surface area contributed by atoms with Crippen LogP contribution in [0.5, 0.6) is 0 Å². The van der Waals surface area contributed by atoms with Crippen LogP contribution >= 0.6 is 0 Å². The molecule has 3 rings (SSSR count). The quantitative estimate of drug-likeness (QED) is 0.698.